The molecule has 0 saturated heterocycles. The Morgan fingerprint density at radius 2 is 1.89 bits per heavy atom. The number of nitrogens with zero attached hydrogens (tertiary/aromatic N) is 2. The fourth-order valence-corrected chi connectivity index (χ4v) is 2.05. The number of benzene rings is 1. The maximum Gasteiger partial charge on any atom is 0.161 e. The van der Waals surface area contributed by atoms with Gasteiger partial charge in [-0.25, -0.2) is 4.39 Å². The van der Waals surface area contributed by atoms with Gasteiger partial charge in [0, 0.05) is 6.04 Å². The van der Waals surface area contributed by atoms with E-state index < -0.39 is 6.04 Å². The van der Waals surface area contributed by atoms with Gasteiger partial charge in [0.2, 0.25) is 0 Å². The summed E-state index contributed by atoms with van der Waals surface area (Å²) >= 11 is 0. The molecule has 0 amide bonds. The molecule has 0 radical (unpaired) electrons. The maximum atomic E-state index is 13.0. The van der Waals surface area contributed by atoms with Gasteiger partial charge in [0.25, 0.3) is 0 Å². The van der Waals surface area contributed by atoms with Crippen LogP contribution >= 0.6 is 0 Å². The van der Waals surface area contributed by atoms with Crippen LogP contribution in [-0.4, -0.2) is 16.9 Å². The summed E-state index contributed by atoms with van der Waals surface area (Å²) in [5.74, 6) is 0.366. The van der Waals surface area contributed by atoms with Crippen LogP contribution in [0.15, 0.2) is 30.5 Å². The molecule has 0 aliphatic rings. The molecule has 1 aromatic heterocycles. The first kappa shape index (κ1) is 13.5. The van der Waals surface area contributed by atoms with Crippen molar-refractivity contribution < 1.29 is 9.13 Å². The van der Waals surface area contributed by atoms with Crippen molar-refractivity contribution in [2.24, 2.45) is 5.73 Å². The van der Waals surface area contributed by atoms with E-state index in [4.69, 9.17) is 10.5 Å². The van der Waals surface area contributed by atoms with Crippen molar-refractivity contribution in [3.63, 3.8) is 0 Å². The molecule has 1 aromatic carbocycles. The minimum Gasteiger partial charge on any atom is -0.493 e. The molecule has 0 spiro atoms. The largest absolute Gasteiger partial charge is 0.493 e. The molecule has 0 saturated carbocycles. The molecule has 0 aliphatic carbocycles. The quantitative estimate of drug-likeness (QED) is 0.922. The number of nitrogens with two attached hydrogens (primary N) is 1. The second-order valence-electron chi connectivity index (χ2n) is 4.67. The molecule has 4 nitrogen and oxygen atoms in total. The standard InChI is InChI=1S/C14H18FN3O/c1-9(2)18-14(12(19-3)8-17-18)13(16)10-4-6-11(15)7-5-10/h4-9,13H,16H2,1-3H3. The van der Waals surface area contributed by atoms with Gasteiger partial charge in [-0.3, -0.25) is 4.68 Å². The van der Waals surface area contributed by atoms with E-state index in [1.54, 1.807) is 25.4 Å². The summed E-state index contributed by atoms with van der Waals surface area (Å²) in [7, 11) is 1.59. The summed E-state index contributed by atoms with van der Waals surface area (Å²) in [5.41, 5.74) is 7.88. The van der Waals surface area contributed by atoms with Crippen LogP contribution in [0.3, 0.4) is 0 Å². The van der Waals surface area contributed by atoms with Crippen LogP contribution in [0.25, 0.3) is 0 Å². The summed E-state index contributed by atoms with van der Waals surface area (Å²) in [6.45, 7) is 4.04. The molecule has 2 N–H and O–H groups in total. The van der Waals surface area contributed by atoms with Gasteiger partial charge in [-0.15, -0.1) is 0 Å². The molecule has 0 bridgehead atoms. The van der Waals surface area contributed by atoms with Crippen molar-refractivity contribution >= 4 is 0 Å². The minimum absolute atomic E-state index is 0.172. The highest BCUT2D eigenvalue weighted by atomic mass is 19.1. The predicted octanol–water partition coefficient (Wildman–Crippen LogP) is 2.66. The average molecular weight is 263 g/mol. The SMILES string of the molecule is COc1cnn(C(C)C)c1C(N)c1ccc(F)cc1. The van der Waals surface area contributed by atoms with Crippen LogP contribution < -0.4 is 10.5 Å². The lowest BCUT2D eigenvalue weighted by molar-refractivity contribution is 0.401. The van der Waals surface area contributed by atoms with E-state index in [1.165, 1.54) is 12.1 Å². The highest BCUT2D eigenvalue weighted by molar-refractivity contribution is 5.36. The molecule has 1 unspecified atom stereocenters. The van der Waals surface area contributed by atoms with E-state index in [2.05, 4.69) is 5.10 Å². The number of rotatable bonds is 4. The monoisotopic (exact) mass is 263 g/mol. The van der Waals surface area contributed by atoms with Gasteiger partial charge in [-0.1, -0.05) is 12.1 Å². The Bertz CT molecular complexity index is 548. The van der Waals surface area contributed by atoms with Gasteiger partial charge in [0.15, 0.2) is 5.75 Å². The Labute approximate surface area is 112 Å². The third-order valence-electron chi connectivity index (χ3n) is 3.03. The Morgan fingerprint density at radius 3 is 2.42 bits per heavy atom. The van der Waals surface area contributed by atoms with Gasteiger partial charge in [-0.05, 0) is 31.5 Å². The second kappa shape index (κ2) is 5.40. The van der Waals surface area contributed by atoms with Crippen molar-refractivity contribution in [2.75, 3.05) is 7.11 Å². The minimum atomic E-state index is -0.402. The van der Waals surface area contributed by atoms with Crippen molar-refractivity contribution in [1.29, 1.82) is 0 Å². The maximum absolute atomic E-state index is 13.0. The fraction of sp³-hybridized carbons (Fsp3) is 0.357. The molecule has 1 heterocycles. The summed E-state index contributed by atoms with van der Waals surface area (Å²) < 4.78 is 20.1. The third-order valence-corrected chi connectivity index (χ3v) is 3.03. The number of hydrogen-bond acceptors (Lipinski definition) is 3. The summed E-state index contributed by atoms with van der Waals surface area (Å²) in [4.78, 5) is 0. The van der Waals surface area contributed by atoms with Crippen LogP contribution in [0.2, 0.25) is 0 Å². The molecule has 5 heteroatoms. The normalized spacial score (nSPS) is 12.7. The lowest BCUT2D eigenvalue weighted by Crippen LogP contribution is -2.19. The molecule has 2 rings (SSSR count). The topological polar surface area (TPSA) is 53.1 Å². The third kappa shape index (κ3) is 2.61. The molecule has 19 heavy (non-hydrogen) atoms. The van der Waals surface area contributed by atoms with Gasteiger partial charge in [0.05, 0.1) is 19.3 Å². The lowest BCUT2D eigenvalue weighted by atomic mass is 10.0. The lowest BCUT2D eigenvalue weighted by Gasteiger charge is -2.18. The molecular formula is C14H18FN3O. The summed E-state index contributed by atoms with van der Waals surface area (Å²) in [5, 5.41) is 4.29. The Morgan fingerprint density at radius 1 is 1.26 bits per heavy atom. The molecule has 1 atom stereocenters. The van der Waals surface area contributed by atoms with Crippen LogP contribution in [0, 0.1) is 5.82 Å². The number of hydrogen-bond donors (Lipinski definition) is 1. The van der Waals surface area contributed by atoms with E-state index in [0.29, 0.717) is 5.75 Å². The Hall–Kier alpha value is -1.88. The Kier molecular flexibility index (Phi) is 3.85. The highest BCUT2D eigenvalue weighted by Gasteiger charge is 2.21. The zero-order chi connectivity index (χ0) is 14.0. The van der Waals surface area contributed by atoms with Gasteiger partial charge in [-0.2, -0.15) is 5.10 Å². The molecule has 0 aliphatic heterocycles. The summed E-state index contributed by atoms with van der Waals surface area (Å²) in [6.07, 6.45) is 1.65. The molecule has 102 valence electrons. The van der Waals surface area contributed by atoms with Crippen LogP contribution in [0.4, 0.5) is 4.39 Å². The van der Waals surface area contributed by atoms with Gasteiger partial charge >= 0.3 is 0 Å². The van der Waals surface area contributed by atoms with E-state index in [-0.39, 0.29) is 11.9 Å². The van der Waals surface area contributed by atoms with E-state index in [1.807, 2.05) is 18.5 Å². The second-order valence-corrected chi connectivity index (χ2v) is 4.67. The zero-order valence-corrected chi connectivity index (χ0v) is 11.3. The predicted molar refractivity (Wildman–Crippen MR) is 71.6 cm³/mol. The number of halogens is 1. The van der Waals surface area contributed by atoms with Crippen molar-refractivity contribution in [3.05, 3.63) is 47.5 Å². The molecular weight excluding hydrogens is 245 g/mol. The highest BCUT2D eigenvalue weighted by Crippen LogP contribution is 2.30. The average Bonchev–Trinajstić information content (AvgIpc) is 2.82. The first-order valence-electron chi connectivity index (χ1n) is 6.17. The number of methoxy groups -OCH3 is 1. The zero-order valence-electron chi connectivity index (χ0n) is 11.3. The van der Waals surface area contributed by atoms with Crippen molar-refractivity contribution in [3.8, 4) is 5.75 Å². The molecule has 2 aromatic rings. The van der Waals surface area contributed by atoms with Gasteiger partial charge < -0.3 is 10.5 Å². The van der Waals surface area contributed by atoms with Crippen LogP contribution in [0.1, 0.15) is 37.2 Å². The van der Waals surface area contributed by atoms with E-state index >= 15 is 0 Å². The van der Waals surface area contributed by atoms with Gasteiger partial charge in [0.1, 0.15) is 11.5 Å². The van der Waals surface area contributed by atoms with Crippen LogP contribution in [-0.2, 0) is 0 Å². The smallest absolute Gasteiger partial charge is 0.161 e. The number of aromatic nitrogens is 2. The fourth-order valence-electron chi connectivity index (χ4n) is 2.05. The molecule has 0 fully saturated rings. The first-order valence-corrected chi connectivity index (χ1v) is 6.17. The van der Waals surface area contributed by atoms with Crippen molar-refractivity contribution in [2.45, 2.75) is 25.9 Å². The van der Waals surface area contributed by atoms with E-state index in [0.717, 1.165) is 11.3 Å². The van der Waals surface area contributed by atoms with Crippen molar-refractivity contribution in [1.82, 2.24) is 9.78 Å². The van der Waals surface area contributed by atoms with E-state index in [9.17, 15) is 4.39 Å². The Balaban J connectivity index is 2.44. The number of ether oxygens (including phenoxy) is 1. The van der Waals surface area contributed by atoms with Crippen LogP contribution in [0.5, 0.6) is 5.75 Å². The first-order chi connectivity index (χ1) is 9.04. The summed E-state index contributed by atoms with van der Waals surface area (Å²) in [6, 6.07) is 5.93.